The number of sulfonamides is 1. The number of morpholine rings is 1. The zero-order valence-corrected chi connectivity index (χ0v) is 16.6. The average molecular weight is 397 g/mol. The smallest absolute Gasteiger partial charge is 0.250 e. The van der Waals surface area contributed by atoms with Gasteiger partial charge in [0.1, 0.15) is 9.96 Å². The fraction of sp³-hybridized carbons (Fsp3) is 0.444. The van der Waals surface area contributed by atoms with E-state index in [4.69, 9.17) is 9.47 Å². The van der Waals surface area contributed by atoms with Crippen LogP contribution in [0, 0.1) is 6.92 Å². The number of rotatable bonds is 7. The molecule has 1 N–H and O–H groups in total. The molecule has 1 atom stereocenters. The lowest BCUT2D eigenvalue weighted by molar-refractivity contribution is 0.0167. The van der Waals surface area contributed by atoms with Crippen LogP contribution in [0.4, 0.5) is 0 Å². The highest BCUT2D eigenvalue weighted by molar-refractivity contribution is 7.91. The number of para-hydroxylation sites is 1. The lowest BCUT2D eigenvalue weighted by atomic mass is 10.0. The van der Waals surface area contributed by atoms with E-state index in [1.807, 2.05) is 37.3 Å². The molecule has 0 bridgehead atoms. The highest BCUT2D eigenvalue weighted by Gasteiger charge is 2.27. The summed E-state index contributed by atoms with van der Waals surface area (Å²) in [5, 5.41) is 0. The van der Waals surface area contributed by atoms with Crippen LogP contribution in [0.15, 0.2) is 40.6 Å². The van der Waals surface area contributed by atoms with E-state index in [-0.39, 0.29) is 12.6 Å². The molecule has 0 radical (unpaired) electrons. The van der Waals surface area contributed by atoms with E-state index in [2.05, 4.69) is 9.62 Å². The molecule has 1 saturated heterocycles. The Balaban J connectivity index is 1.84. The summed E-state index contributed by atoms with van der Waals surface area (Å²) < 4.78 is 39.4. The first-order valence-corrected chi connectivity index (χ1v) is 10.8. The molecule has 1 aromatic heterocycles. The van der Waals surface area contributed by atoms with E-state index in [0.29, 0.717) is 17.4 Å². The minimum Gasteiger partial charge on any atom is -0.496 e. The molecular formula is C18H24N2O4S2. The number of aryl methyl sites for hydroxylation is 1. The zero-order chi connectivity index (χ0) is 18.6. The number of nitrogens with one attached hydrogen (secondary N) is 1. The molecule has 0 spiro atoms. The van der Waals surface area contributed by atoms with Gasteiger partial charge in [-0.15, -0.1) is 11.3 Å². The Hall–Kier alpha value is -1.45. The average Bonchev–Trinajstić information content (AvgIpc) is 3.10. The largest absolute Gasteiger partial charge is 0.496 e. The lowest BCUT2D eigenvalue weighted by Crippen LogP contribution is -2.43. The van der Waals surface area contributed by atoms with Crippen LogP contribution in [0.3, 0.4) is 0 Å². The van der Waals surface area contributed by atoms with Crippen molar-refractivity contribution in [3.63, 3.8) is 0 Å². The van der Waals surface area contributed by atoms with Crippen molar-refractivity contribution in [2.24, 2.45) is 0 Å². The van der Waals surface area contributed by atoms with Gasteiger partial charge in [-0.1, -0.05) is 18.2 Å². The van der Waals surface area contributed by atoms with Gasteiger partial charge in [0.05, 0.1) is 26.4 Å². The molecule has 6 nitrogen and oxygen atoms in total. The van der Waals surface area contributed by atoms with Crippen molar-refractivity contribution in [2.45, 2.75) is 17.2 Å². The van der Waals surface area contributed by atoms with Gasteiger partial charge < -0.3 is 9.47 Å². The van der Waals surface area contributed by atoms with Crippen molar-refractivity contribution >= 4 is 21.4 Å². The molecule has 1 unspecified atom stereocenters. The summed E-state index contributed by atoms with van der Waals surface area (Å²) >= 11 is 1.28. The lowest BCUT2D eigenvalue weighted by Gasteiger charge is -2.35. The van der Waals surface area contributed by atoms with Gasteiger partial charge in [-0.2, -0.15) is 0 Å². The normalized spacial score (nSPS) is 17.2. The van der Waals surface area contributed by atoms with Crippen LogP contribution in [-0.2, 0) is 14.8 Å². The fourth-order valence-corrected chi connectivity index (χ4v) is 5.45. The van der Waals surface area contributed by atoms with E-state index < -0.39 is 10.0 Å². The molecule has 1 aliphatic rings. The van der Waals surface area contributed by atoms with Gasteiger partial charge in [0.15, 0.2) is 0 Å². The van der Waals surface area contributed by atoms with Crippen LogP contribution >= 0.6 is 11.3 Å². The molecule has 8 heteroatoms. The van der Waals surface area contributed by atoms with Gasteiger partial charge in [0, 0.05) is 30.1 Å². The molecule has 1 fully saturated rings. The topological polar surface area (TPSA) is 67.9 Å². The van der Waals surface area contributed by atoms with E-state index in [1.54, 1.807) is 13.2 Å². The Morgan fingerprint density at radius 2 is 1.96 bits per heavy atom. The van der Waals surface area contributed by atoms with E-state index in [9.17, 15) is 8.42 Å². The molecular weight excluding hydrogens is 372 g/mol. The summed E-state index contributed by atoms with van der Waals surface area (Å²) in [6.07, 6.45) is 0. The Kier molecular flexibility index (Phi) is 6.31. The van der Waals surface area contributed by atoms with E-state index in [1.165, 1.54) is 11.3 Å². The maximum Gasteiger partial charge on any atom is 0.250 e. The molecule has 26 heavy (non-hydrogen) atoms. The number of nitrogens with zero attached hydrogens (tertiary/aromatic N) is 1. The Morgan fingerprint density at radius 1 is 1.23 bits per heavy atom. The third-order valence-electron chi connectivity index (χ3n) is 4.43. The van der Waals surface area contributed by atoms with E-state index in [0.717, 1.165) is 29.3 Å². The van der Waals surface area contributed by atoms with Crippen LogP contribution in [0.1, 0.15) is 16.5 Å². The number of methoxy groups -OCH3 is 1. The van der Waals surface area contributed by atoms with Crippen molar-refractivity contribution in [1.29, 1.82) is 0 Å². The highest BCUT2D eigenvalue weighted by Crippen LogP contribution is 2.30. The van der Waals surface area contributed by atoms with Crippen LogP contribution < -0.4 is 9.46 Å². The minimum atomic E-state index is -3.53. The molecule has 1 aliphatic heterocycles. The first-order valence-electron chi connectivity index (χ1n) is 8.52. The van der Waals surface area contributed by atoms with Crippen LogP contribution in [0.5, 0.6) is 5.75 Å². The molecule has 2 heterocycles. The van der Waals surface area contributed by atoms with Crippen molar-refractivity contribution in [2.75, 3.05) is 40.0 Å². The maximum absolute atomic E-state index is 12.6. The van der Waals surface area contributed by atoms with Gasteiger partial charge in [-0.3, -0.25) is 4.90 Å². The molecule has 0 saturated carbocycles. The molecule has 1 aromatic carbocycles. The summed E-state index contributed by atoms with van der Waals surface area (Å²) in [6, 6.07) is 11.1. The van der Waals surface area contributed by atoms with Gasteiger partial charge >= 0.3 is 0 Å². The summed E-state index contributed by atoms with van der Waals surface area (Å²) in [5.41, 5.74) is 0.974. The number of hydrogen-bond acceptors (Lipinski definition) is 6. The predicted molar refractivity (Wildman–Crippen MR) is 102 cm³/mol. The standard InChI is InChI=1S/C18H24N2O4S2/c1-14-7-8-18(25-14)26(21,22)19-13-16(20-9-11-24-12-10-20)15-5-3-4-6-17(15)23-2/h3-8,16,19H,9-13H2,1-2H3. The second kappa shape index (κ2) is 8.49. The fourth-order valence-electron chi connectivity index (χ4n) is 3.08. The second-order valence-electron chi connectivity index (χ2n) is 6.12. The van der Waals surface area contributed by atoms with E-state index >= 15 is 0 Å². The first kappa shape index (κ1) is 19.3. The summed E-state index contributed by atoms with van der Waals surface area (Å²) in [7, 11) is -1.90. The Labute approximate surface area is 158 Å². The molecule has 0 aliphatic carbocycles. The van der Waals surface area contributed by atoms with Crippen LogP contribution in [-0.4, -0.2) is 53.3 Å². The quantitative estimate of drug-likeness (QED) is 0.778. The van der Waals surface area contributed by atoms with Crippen molar-refractivity contribution in [3.8, 4) is 5.75 Å². The Bertz CT molecular complexity index is 829. The molecule has 142 valence electrons. The minimum absolute atomic E-state index is 0.120. The van der Waals surface area contributed by atoms with Crippen molar-refractivity contribution in [1.82, 2.24) is 9.62 Å². The third-order valence-corrected chi connectivity index (χ3v) is 7.35. The maximum atomic E-state index is 12.6. The molecule has 0 amide bonds. The van der Waals surface area contributed by atoms with Crippen molar-refractivity contribution < 1.29 is 17.9 Å². The van der Waals surface area contributed by atoms with Crippen LogP contribution in [0.2, 0.25) is 0 Å². The van der Waals surface area contributed by atoms with Gasteiger partial charge in [-0.25, -0.2) is 13.1 Å². The molecule has 2 aromatic rings. The number of thiophene rings is 1. The van der Waals surface area contributed by atoms with Gasteiger partial charge in [0.25, 0.3) is 0 Å². The number of benzene rings is 1. The SMILES string of the molecule is COc1ccccc1C(CNS(=O)(=O)c1ccc(C)s1)N1CCOCC1. The third kappa shape index (κ3) is 4.44. The second-order valence-corrected chi connectivity index (χ2v) is 9.40. The molecule has 3 rings (SSSR count). The van der Waals surface area contributed by atoms with Gasteiger partial charge in [-0.05, 0) is 25.1 Å². The predicted octanol–water partition coefficient (Wildman–Crippen LogP) is 2.42. The first-order chi connectivity index (χ1) is 12.5. The van der Waals surface area contributed by atoms with Gasteiger partial charge in [0.2, 0.25) is 10.0 Å². The summed E-state index contributed by atoms with van der Waals surface area (Å²) in [4.78, 5) is 3.21. The monoisotopic (exact) mass is 396 g/mol. The van der Waals surface area contributed by atoms with Crippen LogP contribution in [0.25, 0.3) is 0 Å². The highest BCUT2D eigenvalue weighted by atomic mass is 32.2. The van der Waals surface area contributed by atoms with Crippen molar-refractivity contribution in [3.05, 3.63) is 46.8 Å². The zero-order valence-electron chi connectivity index (χ0n) is 15.0. The number of ether oxygens (including phenoxy) is 2. The summed E-state index contributed by atoms with van der Waals surface area (Å²) in [6.45, 7) is 4.96. The Morgan fingerprint density at radius 3 is 2.62 bits per heavy atom. The summed E-state index contributed by atoms with van der Waals surface area (Å²) in [5.74, 6) is 0.759. The number of hydrogen-bond donors (Lipinski definition) is 1.